The number of ether oxygens (including phenoxy) is 1. The lowest BCUT2D eigenvalue weighted by Gasteiger charge is -2.58. The van der Waals surface area contributed by atoms with E-state index in [0.717, 1.165) is 41.8 Å². The standard InChI is InChI=1S/C30H47NO2/c1-21(2)7-5-6-8-22-10-12-27-26-11-9-23-19-24(32-20-25-15-18-31-33-25)13-16-30(23,4)28(26)14-17-29(22,27)3/h9,15,18,21-22,24,26-28H,5-8,10-14,16-17,19-20H2,1-4H3. The van der Waals surface area contributed by atoms with Crippen molar-refractivity contribution in [2.45, 2.75) is 117 Å². The van der Waals surface area contributed by atoms with Crippen LogP contribution in [0, 0.1) is 40.4 Å². The molecule has 0 amide bonds. The molecule has 184 valence electrons. The van der Waals surface area contributed by atoms with Crippen molar-refractivity contribution in [2.24, 2.45) is 40.4 Å². The van der Waals surface area contributed by atoms with Crippen LogP contribution in [0.15, 0.2) is 28.4 Å². The van der Waals surface area contributed by atoms with E-state index in [9.17, 15) is 0 Å². The van der Waals surface area contributed by atoms with Crippen molar-refractivity contribution in [1.29, 1.82) is 0 Å². The van der Waals surface area contributed by atoms with E-state index in [1.54, 1.807) is 11.8 Å². The molecule has 0 radical (unpaired) electrons. The summed E-state index contributed by atoms with van der Waals surface area (Å²) in [5.41, 5.74) is 2.73. The van der Waals surface area contributed by atoms with Gasteiger partial charge in [0.05, 0.1) is 12.3 Å². The van der Waals surface area contributed by atoms with E-state index in [4.69, 9.17) is 9.26 Å². The van der Waals surface area contributed by atoms with Crippen LogP contribution in [0.25, 0.3) is 0 Å². The van der Waals surface area contributed by atoms with Gasteiger partial charge in [-0.15, -0.1) is 0 Å². The molecule has 3 heteroatoms. The quantitative estimate of drug-likeness (QED) is 0.293. The molecule has 0 bridgehead atoms. The fourth-order valence-corrected chi connectivity index (χ4v) is 8.81. The van der Waals surface area contributed by atoms with Crippen LogP contribution in [0.4, 0.5) is 0 Å². The van der Waals surface area contributed by atoms with Gasteiger partial charge in [-0.05, 0) is 98.2 Å². The van der Waals surface area contributed by atoms with E-state index < -0.39 is 0 Å². The highest BCUT2D eigenvalue weighted by Crippen LogP contribution is 2.66. The number of fused-ring (bicyclic) bond motifs is 5. The second-order valence-electron chi connectivity index (χ2n) is 12.9. The first-order valence-corrected chi connectivity index (χ1v) is 14.1. The molecule has 3 nitrogen and oxygen atoms in total. The van der Waals surface area contributed by atoms with Crippen molar-refractivity contribution in [3.63, 3.8) is 0 Å². The van der Waals surface area contributed by atoms with Crippen molar-refractivity contribution in [3.05, 3.63) is 29.7 Å². The maximum atomic E-state index is 6.24. The molecule has 33 heavy (non-hydrogen) atoms. The summed E-state index contributed by atoms with van der Waals surface area (Å²) in [6.07, 6.45) is 21.3. The van der Waals surface area contributed by atoms with Gasteiger partial charge >= 0.3 is 0 Å². The van der Waals surface area contributed by atoms with E-state index in [2.05, 4.69) is 38.9 Å². The molecule has 5 rings (SSSR count). The molecule has 0 spiro atoms. The van der Waals surface area contributed by atoms with Gasteiger partial charge in [0.1, 0.15) is 6.61 Å². The maximum Gasteiger partial charge on any atom is 0.162 e. The van der Waals surface area contributed by atoms with Crippen molar-refractivity contribution < 1.29 is 9.26 Å². The second kappa shape index (κ2) is 9.51. The van der Waals surface area contributed by atoms with Crippen LogP contribution in [-0.4, -0.2) is 11.3 Å². The van der Waals surface area contributed by atoms with Crippen LogP contribution in [0.2, 0.25) is 0 Å². The van der Waals surface area contributed by atoms with Gasteiger partial charge in [-0.2, -0.15) is 0 Å². The Bertz CT molecular complexity index is 813. The largest absolute Gasteiger partial charge is 0.370 e. The topological polar surface area (TPSA) is 35.3 Å². The highest BCUT2D eigenvalue weighted by Gasteiger charge is 2.58. The minimum Gasteiger partial charge on any atom is -0.370 e. The molecule has 3 fully saturated rings. The van der Waals surface area contributed by atoms with Gasteiger partial charge in [0, 0.05) is 6.07 Å². The molecule has 1 heterocycles. The van der Waals surface area contributed by atoms with Crippen molar-refractivity contribution in [3.8, 4) is 0 Å². The van der Waals surface area contributed by atoms with Gasteiger partial charge in [0.15, 0.2) is 5.76 Å². The molecule has 0 saturated heterocycles. The van der Waals surface area contributed by atoms with Crippen molar-refractivity contribution >= 4 is 0 Å². The van der Waals surface area contributed by atoms with E-state index in [1.165, 1.54) is 70.6 Å². The number of allylic oxidation sites excluding steroid dienone is 1. The molecule has 0 aliphatic heterocycles. The average Bonchev–Trinajstić information content (AvgIpc) is 3.42. The fourth-order valence-electron chi connectivity index (χ4n) is 8.81. The summed E-state index contributed by atoms with van der Waals surface area (Å²) >= 11 is 0. The Hall–Kier alpha value is -1.09. The van der Waals surface area contributed by atoms with Crippen LogP contribution in [0.1, 0.15) is 111 Å². The summed E-state index contributed by atoms with van der Waals surface area (Å²) < 4.78 is 11.5. The van der Waals surface area contributed by atoms with Crippen LogP contribution in [0.5, 0.6) is 0 Å². The average molecular weight is 454 g/mol. The van der Waals surface area contributed by atoms with E-state index in [0.29, 0.717) is 23.5 Å². The second-order valence-corrected chi connectivity index (χ2v) is 12.9. The molecule has 0 N–H and O–H groups in total. The lowest BCUT2D eigenvalue weighted by molar-refractivity contribution is -0.0623. The lowest BCUT2D eigenvalue weighted by atomic mass is 9.47. The number of unbranched alkanes of at least 4 members (excludes halogenated alkanes) is 1. The van der Waals surface area contributed by atoms with Gasteiger partial charge in [-0.25, -0.2) is 0 Å². The number of aromatic nitrogens is 1. The molecule has 0 aromatic carbocycles. The van der Waals surface area contributed by atoms with Crippen LogP contribution < -0.4 is 0 Å². The summed E-state index contributed by atoms with van der Waals surface area (Å²) in [7, 11) is 0. The minimum absolute atomic E-state index is 0.335. The number of hydrogen-bond acceptors (Lipinski definition) is 3. The summed E-state index contributed by atoms with van der Waals surface area (Å²) in [4.78, 5) is 0. The molecule has 1 aromatic rings. The van der Waals surface area contributed by atoms with E-state index in [-0.39, 0.29) is 0 Å². The maximum absolute atomic E-state index is 6.24. The Morgan fingerprint density at radius 2 is 1.97 bits per heavy atom. The molecule has 4 aliphatic rings. The zero-order valence-electron chi connectivity index (χ0n) is 21.7. The fraction of sp³-hybridized carbons (Fsp3) is 0.833. The molecule has 4 aliphatic carbocycles. The number of hydrogen-bond donors (Lipinski definition) is 0. The van der Waals surface area contributed by atoms with Crippen molar-refractivity contribution in [2.75, 3.05) is 0 Å². The van der Waals surface area contributed by atoms with Crippen LogP contribution >= 0.6 is 0 Å². The first kappa shape index (κ1) is 23.6. The predicted octanol–water partition coefficient (Wildman–Crippen LogP) is 8.36. The monoisotopic (exact) mass is 453 g/mol. The van der Waals surface area contributed by atoms with Crippen LogP contribution in [0.3, 0.4) is 0 Å². The van der Waals surface area contributed by atoms with Gasteiger partial charge in [-0.1, -0.05) is 63.8 Å². The Morgan fingerprint density at radius 1 is 1.09 bits per heavy atom. The van der Waals surface area contributed by atoms with E-state index in [1.807, 2.05) is 6.07 Å². The zero-order chi connectivity index (χ0) is 23.1. The third-order valence-corrected chi connectivity index (χ3v) is 10.8. The van der Waals surface area contributed by atoms with Gasteiger partial charge in [0.25, 0.3) is 0 Å². The molecule has 1 aromatic heterocycles. The molecule has 3 saturated carbocycles. The SMILES string of the molecule is CC(C)CCCCC1CCC2C3CC=C4CC(OCc5ccno5)CCC4(C)C3CCC12C. The smallest absolute Gasteiger partial charge is 0.162 e. The molecular formula is C30H47NO2. The third kappa shape index (κ3) is 4.48. The predicted molar refractivity (Wildman–Crippen MR) is 134 cm³/mol. The van der Waals surface area contributed by atoms with Crippen LogP contribution in [-0.2, 0) is 11.3 Å². The molecule has 7 atom stereocenters. The highest BCUT2D eigenvalue weighted by molar-refractivity contribution is 5.25. The summed E-state index contributed by atoms with van der Waals surface area (Å²) in [6.45, 7) is 10.6. The zero-order valence-corrected chi connectivity index (χ0v) is 21.7. The van der Waals surface area contributed by atoms with Gasteiger partial charge < -0.3 is 9.26 Å². The van der Waals surface area contributed by atoms with E-state index >= 15 is 0 Å². The molecular weight excluding hydrogens is 406 g/mol. The Labute approximate surface area is 202 Å². The normalized spacial score (nSPS) is 40.3. The summed E-state index contributed by atoms with van der Waals surface area (Å²) in [5.74, 6) is 5.46. The lowest BCUT2D eigenvalue weighted by Crippen LogP contribution is -2.50. The molecule has 7 unspecified atom stereocenters. The minimum atomic E-state index is 0.335. The summed E-state index contributed by atoms with van der Waals surface area (Å²) in [6, 6.07) is 1.91. The third-order valence-electron chi connectivity index (χ3n) is 10.8. The first-order valence-electron chi connectivity index (χ1n) is 14.1. The highest BCUT2D eigenvalue weighted by atomic mass is 16.5. The number of nitrogens with zero attached hydrogens (tertiary/aromatic N) is 1. The Balaban J connectivity index is 1.22. The Kier molecular flexibility index (Phi) is 6.82. The van der Waals surface area contributed by atoms with Crippen molar-refractivity contribution in [1.82, 2.24) is 5.16 Å². The number of rotatable bonds is 8. The van der Waals surface area contributed by atoms with Gasteiger partial charge in [0.2, 0.25) is 0 Å². The summed E-state index contributed by atoms with van der Waals surface area (Å²) in [5, 5.41) is 3.81. The Morgan fingerprint density at radius 3 is 2.76 bits per heavy atom. The van der Waals surface area contributed by atoms with Gasteiger partial charge in [-0.3, -0.25) is 0 Å². The first-order chi connectivity index (χ1) is 15.9.